The van der Waals surface area contributed by atoms with Crippen molar-refractivity contribution in [2.75, 3.05) is 25.0 Å². The Balaban J connectivity index is 1.74. The second-order valence-electron chi connectivity index (χ2n) is 5.59. The Labute approximate surface area is 131 Å². The van der Waals surface area contributed by atoms with Crippen LogP contribution >= 0.6 is 11.3 Å². The van der Waals surface area contributed by atoms with E-state index in [1.54, 1.807) is 0 Å². The molecule has 0 amide bonds. The van der Waals surface area contributed by atoms with E-state index in [1.165, 1.54) is 27.7 Å². The average Bonchev–Trinajstić information content (AvgIpc) is 3.15. The Hall–Kier alpha value is -1.39. The lowest BCUT2D eigenvalue weighted by atomic mass is 9.99. The molecule has 112 valence electrons. The van der Waals surface area contributed by atoms with Crippen molar-refractivity contribution in [1.29, 1.82) is 0 Å². The van der Waals surface area contributed by atoms with E-state index in [4.69, 9.17) is 4.98 Å². The predicted molar refractivity (Wildman–Crippen MR) is 90.3 cm³/mol. The molecule has 1 aromatic heterocycles. The molecule has 0 aliphatic carbocycles. The first-order chi connectivity index (χ1) is 10.3. The van der Waals surface area contributed by atoms with E-state index >= 15 is 0 Å². The lowest BCUT2D eigenvalue weighted by molar-refractivity contribution is 0.774. The normalized spacial score (nSPS) is 18.4. The Morgan fingerprint density at radius 1 is 1.33 bits per heavy atom. The van der Waals surface area contributed by atoms with Crippen LogP contribution in [0.2, 0.25) is 0 Å². The topological polar surface area (TPSA) is 28.2 Å². The van der Waals surface area contributed by atoms with Crippen molar-refractivity contribution in [2.24, 2.45) is 0 Å². The van der Waals surface area contributed by atoms with Crippen molar-refractivity contribution in [1.82, 2.24) is 10.3 Å². The van der Waals surface area contributed by atoms with E-state index in [-0.39, 0.29) is 0 Å². The molecule has 1 unspecified atom stereocenters. The van der Waals surface area contributed by atoms with Crippen LogP contribution in [-0.2, 0) is 13.0 Å². The molecule has 3 rings (SSSR count). The number of hydrogen-bond acceptors (Lipinski definition) is 4. The van der Waals surface area contributed by atoms with Gasteiger partial charge in [-0.2, -0.15) is 0 Å². The van der Waals surface area contributed by atoms with Gasteiger partial charge in [0, 0.05) is 30.4 Å². The third kappa shape index (κ3) is 3.11. The Morgan fingerprint density at radius 3 is 2.86 bits per heavy atom. The Kier molecular flexibility index (Phi) is 4.56. The summed E-state index contributed by atoms with van der Waals surface area (Å²) < 4.78 is 0. The molecule has 0 bridgehead atoms. The molecule has 21 heavy (non-hydrogen) atoms. The Bertz CT molecular complexity index is 579. The van der Waals surface area contributed by atoms with Crippen LogP contribution < -0.4 is 10.2 Å². The van der Waals surface area contributed by atoms with E-state index in [0.29, 0.717) is 5.92 Å². The van der Waals surface area contributed by atoms with E-state index in [9.17, 15) is 0 Å². The summed E-state index contributed by atoms with van der Waals surface area (Å²) in [7, 11) is 2.00. The third-order valence-corrected chi connectivity index (χ3v) is 5.33. The molecule has 1 atom stereocenters. The number of thiazole rings is 1. The van der Waals surface area contributed by atoms with E-state index in [2.05, 4.69) is 47.5 Å². The predicted octanol–water partition coefficient (Wildman–Crippen LogP) is 3.42. The highest BCUT2D eigenvalue weighted by molar-refractivity contribution is 7.15. The molecule has 2 aromatic rings. The summed E-state index contributed by atoms with van der Waals surface area (Å²) in [5.41, 5.74) is 2.72. The molecule has 1 N–H and O–H groups in total. The fourth-order valence-electron chi connectivity index (χ4n) is 3.01. The van der Waals surface area contributed by atoms with Gasteiger partial charge < -0.3 is 10.2 Å². The van der Waals surface area contributed by atoms with Gasteiger partial charge in [-0.15, -0.1) is 11.3 Å². The molecule has 3 nitrogen and oxygen atoms in total. The second-order valence-corrected chi connectivity index (χ2v) is 6.65. The molecule has 0 saturated carbocycles. The first-order valence-electron chi connectivity index (χ1n) is 7.75. The largest absolute Gasteiger partial charge is 0.347 e. The molecule has 4 heteroatoms. The minimum Gasteiger partial charge on any atom is -0.347 e. The third-order valence-electron chi connectivity index (χ3n) is 4.17. The van der Waals surface area contributed by atoms with Crippen LogP contribution in [0.25, 0.3) is 0 Å². The number of aromatic nitrogens is 1. The summed E-state index contributed by atoms with van der Waals surface area (Å²) in [6.45, 7) is 5.33. The molecule has 1 aliphatic rings. The summed E-state index contributed by atoms with van der Waals surface area (Å²) in [4.78, 5) is 8.71. The zero-order valence-corrected chi connectivity index (χ0v) is 13.6. The van der Waals surface area contributed by atoms with Crippen molar-refractivity contribution in [3.05, 3.63) is 46.5 Å². The number of nitrogens with zero attached hydrogens (tertiary/aromatic N) is 2. The van der Waals surface area contributed by atoms with Crippen molar-refractivity contribution >= 4 is 16.5 Å². The van der Waals surface area contributed by atoms with Gasteiger partial charge in [-0.1, -0.05) is 37.3 Å². The van der Waals surface area contributed by atoms with Gasteiger partial charge >= 0.3 is 0 Å². The van der Waals surface area contributed by atoms with Crippen LogP contribution in [0, 0.1) is 0 Å². The summed E-state index contributed by atoms with van der Waals surface area (Å²) in [6.07, 6.45) is 2.25. The van der Waals surface area contributed by atoms with Crippen molar-refractivity contribution in [3.8, 4) is 0 Å². The summed E-state index contributed by atoms with van der Waals surface area (Å²) in [6, 6.07) is 10.9. The molecule has 1 aromatic carbocycles. The molecule has 2 heterocycles. The minimum absolute atomic E-state index is 0.646. The van der Waals surface area contributed by atoms with Gasteiger partial charge in [0.25, 0.3) is 0 Å². The lowest BCUT2D eigenvalue weighted by Gasteiger charge is -2.15. The zero-order chi connectivity index (χ0) is 14.7. The highest BCUT2D eigenvalue weighted by Gasteiger charge is 2.26. The fraction of sp³-hybridized carbons (Fsp3) is 0.471. The number of aryl methyl sites for hydroxylation is 1. The van der Waals surface area contributed by atoms with Gasteiger partial charge in [-0.3, -0.25) is 0 Å². The SMILES string of the molecule is CCc1nc(N2CCC(c3ccccc3)C2)sc1CNC. The maximum absolute atomic E-state index is 4.86. The first kappa shape index (κ1) is 14.5. The van der Waals surface area contributed by atoms with Crippen molar-refractivity contribution < 1.29 is 0 Å². The minimum atomic E-state index is 0.646. The van der Waals surface area contributed by atoms with Crippen LogP contribution in [0.4, 0.5) is 5.13 Å². The standard InChI is InChI=1S/C17H23N3S/c1-3-15-16(11-18-2)21-17(19-15)20-10-9-14(12-20)13-7-5-4-6-8-13/h4-8,14,18H,3,9-12H2,1-2H3. The summed E-state index contributed by atoms with van der Waals surface area (Å²) >= 11 is 1.86. The summed E-state index contributed by atoms with van der Waals surface area (Å²) in [5.74, 6) is 0.646. The quantitative estimate of drug-likeness (QED) is 0.917. The van der Waals surface area contributed by atoms with Gasteiger partial charge in [0.2, 0.25) is 0 Å². The van der Waals surface area contributed by atoms with Gasteiger partial charge in [0.1, 0.15) is 0 Å². The highest BCUT2D eigenvalue weighted by atomic mass is 32.1. The van der Waals surface area contributed by atoms with Crippen molar-refractivity contribution in [3.63, 3.8) is 0 Å². The molecule has 1 saturated heterocycles. The highest BCUT2D eigenvalue weighted by Crippen LogP contribution is 2.34. The van der Waals surface area contributed by atoms with Crippen LogP contribution in [0.3, 0.4) is 0 Å². The number of anilines is 1. The molecule has 0 spiro atoms. The first-order valence-corrected chi connectivity index (χ1v) is 8.56. The molecular weight excluding hydrogens is 278 g/mol. The zero-order valence-electron chi connectivity index (χ0n) is 12.8. The van der Waals surface area contributed by atoms with Gasteiger partial charge in [-0.25, -0.2) is 4.98 Å². The van der Waals surface area contributed by atoms with Crippen LogP contribution in [-0.4, -0.2) is 25.1 Å². The number of nitrogens with one attached hydrogen (secondary N) is 1. The van der Waals surface area contributed by atoms with Crippen LogP contribution in [0.15, 0.2) is 30.3 Å². The van der Waals surface area contributed by atoms with E-state index < -0.39 is 0 Å². The van der Waals surface area contributed by atoms with Gasteiger partial charge in [0.05, 0.1) is 5.69 Å². The number of rotatable bonds is 5. The monoisotopic (exact) mass is 301 g/mol. The maximum Gasteiger partial charge on any atom is 0.185 e. The van der Waals surface area contributed by atoms with Crippen LogP contribution in [0.1, 0.15) is 35.4 Å². The molecule has 0 radical (unpaired) electrons. The second kappa shape index (κ2) is 6.58. The smallest absolute Gasteiger partial charge is 0.185 e. The van der Waals surface area contributed by atoms with E-state index in [1.807, 2.05) is 18.4 Å². The molecular formula is C17H23N3S. The van der Waals surface area contributed by atoms with E-state index in [0.717, 1.165) is 26.1 Å². The van der Waals surface area contributed by atoms with Crippen LogP contribution in [0.5, 0.6) is 0 Å². The Morgan fingerprint density at radius 2 is 2.14 bits per heavy atom. The number of hydrogen-bond donors (Lipinski definition) is 1. The summed E-state index contributed by atoms with van der Waals surface area (Å²) in [5, 5.41) is 4.45. The lowest BCUT2D eigenvalue weighted by Crippen LogP contribution is -2.18. The van der Waals surface area contributed by atoms with Crippen molar-refractivity contribution in [2.45, 2.75) is 32.2 Å². The molecule has 1 fully saturated rings. The molecule has 1 aliphatic heterocycles. The fourth-order valence-corrected chi connectivity index (χ4v) is 4.21. The number of benzene rings is 1. The average molecular weight is 301 g/mol. The van der Waals surface area contributed by atoms with Gasteiger partial charge in [-0.05, 0) is 25.5 Å². The van der Waals surface area contributed by atoms with Gasteiger partial charge in [0.15, 0.2) is 5.13 Å². The maximum atomic E-state index is 4.86.